The van der Waals surface area contributed by atoms with Crippen molar-refractivity contribution in [2.24, 2.45) is 5.41 Å². The molecule has 5 heteroatoms. The predicted molar refractivity (Wildman–Crippen MR) is 84.2 cm³/mol. The van der Waals surface area contributed by atoms with Gasteiger partial charge in [0, 0.05) is 24.7 Å². The molecule has 5 nitrogen and oxygen atoms in total. The fourth-order valence-electron chi connectivity index (χ4n) is 3.29. The fraction of sp³-hybridized carbons (Fsp3) is 0.529. The third-order valence-corrected chi connectivity index (χ3v) is 4.83. The van der Waals surface area contributed by atoms with Gasteiger partial charge in [-0.05, 0) is 25.0 Å². The van der Waals surface area contributed by atoms with Crippen LogP contribution in [-0.2, 0) is 6.54 Å². The Balaban J connectivity index is 1.68. The topological polar surface area (TPSA) is 73.4 Å². The second-order valence-corrected chi connectivity index (χ2v) is 6.53. The Bertz CT molecular complexity index is 702. The third kappa shape index (κ3) is 2.85. The highest BCUT2D eigenvalue weighted by molar-refractivity contribution is 5.44. The Labute approximate surface area is 130 Å². The maximum atomic E-state index is 10.2. The van der Waals surface area contributed by atoms with Crippen molar-refractivity contribution in [2.75, 3.05) is 6.54 Å². The number of nitriles is 1. The number of aliphatic hydroxyl groups excluding tert-OH is 1. The molecule has 2 atom stereocenters. The van der Waals surface area contributed by atoms with E-state index in [0.717, 1.165) is 37.1 Å². The normalized spacial score (nSPS) is 25.2. The van der Waals surface area contributed by atoms with Crippen molar-refractivity contribution in [3.63, 3.8) is 0 Å². The van der Waals surface area contributed by atoms with Gasteiger partial charge in [-0.3, -0.25) is 0 Å². The summed E-state index contributed by atoms with van der Waals surface area (Å²) in [7, 11) is 0. The Hall–Kier alpha value is -1.90. The average Bonchev–Trinajstić information content (AvgIpc) is 2.93. The van der Waals surface area contributed by atoms with Crippen LogP contribution < -0.4 is 5.32 Å². The van der Waals surface area contributed by atoms with E-state index in [1.165, 1.54) is 6.42 Å². The van der Waals surface area contributed by atoms with Gasteiger partial charge in [0.05, 0.1) is 23.6 Å². The van der Waals surface area contributed by atoms with Crippen molar-refractivity contribution in [3.05, 3.63) is 35.8 Å². The van der Waals surface area contributed by atoms with Crippen LogP contribution in [0, 0.1) is 16.7 Å². The van der Waals surface area contributed by atoms with Gasteiger partial charge in [0.15, 0.2) is 0 Å². The van der Waals surface area contributed by atoms with Gasteiger partial charge < -0.3 is 14.8 Å². The zero-order valence-corrected chi connectivity index (χ0v) is 12.9. The Morgan fingerprint density at radius 2 is 2.36 bits per heavy atom. The highest BCUT2D eigenvalue weighted by Crippen LogP contribution is 2.35. The van der Waals surface area contributed by atoms with E-state index in [0.29, 0.717) is 12.1 Å². The molecule has 0 aliphatic heterocycles. The molecule has 0 radical (unpaired) electrons. The molecular weight excluding hydrogens is 276 g/mol. The smallest absolute Gasteiger partial charge is 0.137 e. The standard InChI is InChI=1S/C17H22N4O/c1-17(7-3-2-4-15(17)22)12-19-9-14-10-20-16-6-5-13(8-18)11-21(14)16/h5-6,10-11,15,19,22H,2-4,7,9,12H2,1H3. The molecule has 2 aromatic heterocycles. The van der Waals surface area contributed by atoms with Gasteiger partial charge in [-0.1, -0.05) is 19.8 Å². The summed E-state index contributed by atoms with van der Waals surface area (Å²) in [6.07, 6.45) is 7.71. The number of nitrogens with zero attached hydrogens (tertiary/aromatic N) is 3. The number of nitrogens with one attached hydrogen (secondary N) is 1. The molecule has 2 heterocycles. The van der Waals surface area contributed by atoms with Crippen molar-refractivity contribution >= 4 is 5.65 Å². The van der Waals surface area contributed by atoms with E-state index in [-0.39, 0.29) is 11.5 Å². The summed E-state index contributed by atoms with van der Waals surface area (Å²) < 4.78 is 1.95. The maximum absolute atomic E-state index is 10.2. The van der Waals surface area contributed by atoms with E-state index in [1.54, 1.807) is 6.07 Å². The van der Waals surface area contributed by atoms with Crippen LogP contribution in [0.4, 0.5) is 0 Å². The molecule has 116 valence electrons. The van der Waals surface area contributed by atoms with Crippen LogP contribution in [0.2, 0.25) is 0 Å². The van der Waals surface area contributed by atoms with Crippen LogP contribution in [0.3, 0.4) is 0 Å². The van der Waals surface area contributed by atoms with Gasteiger partial charge in [-0.25, -0.2) is 4.98 Å². The van der Waals surface area contributed by atoms with Crippen LogP contribution in [0.25, 0.3) is 5.65 Å². The van der Waals surface area contributed by atoms with Crippen molar-refractivity contribution < 1.29 is 5.11 Å². The largest absolute Gasteiger partial charge is 0.393 e. The van der Waals surface area contributed by atoms with Gasteiger partial charge in [-0.15, -0.1) is 0 Å². The summed E-state index contributed by atoms with van der Waals surface area (Å²) in [5, 5.41) is 22.7. The molecule has 2 N–H and O–H groups in total. The highest BCUT2D eigenvalue weighted by Gasteiger charge is 2.34. The molecule has 1 aliphatic carbocycles. The molecule has 0 saturated heterocycles. The van der Waals surface area contributed by atoms with E-state index in [1.807, 2.05) is 22.9 Å². The summed E-state index contributed by atoms with van der Waals surface area (Å²) >= 11 is 0. The van der Waals surface area contributed by atoms with Crippen LogP contribution >= 0.6 is 0 Å². The predicted octanol–water partition coefficient (Wildman–Crippen LogP) is 2.24. The van der Waals surface area contributed by atoms with Crippen LogP contribution in [-0.4, -0.2) is 27.1 Å². The van der Waals surface area contributed by atoms with Gasteiger partial charge >= 0.3 is 0 Å². The second-order valence-electron chi connectivity index (χ2n) is 6.53. The first kappa shape index (κ1) is 15.0. The summed E-state index contributed by atoms with van der Waals surface area (Å²) in [6, 6.07) is 5.79. The number of imidazole rings is 1. The molecule has 1 saturated carbocycles. The summed E-state index contributed by atoms with van der Waals surface area (Å²) in [6.45, 7) is 3.63. The maximum Gasteiger partial charge on any atom is 0.137 e. The number of rotatable bonds is 4. The molecule has 1 aliphatic rings. The minimum Gasteiger partial charge on any atom is -0.393 e. The van der Waals surface area contributed by atoms with E-state index in [4.69, 9.17) is 5.26 Å². The van der Waals surface area contributed by atoms with Gasteiger partial charge in [0.1, 0.15) is 11.7 Å². The minimum absolute atomic E-state index is 0.0451. The molecule has 0 spiro atoms. The molecule has 22 heavy (non-hydrogen) atoms. The minimum atomic E-state index is -0.221. The SMILES string of the molecule is CC1(CNCc2cnc3ccc(C#N)cn23)CCCCC1O. The lowest BCUT2D eigenvalue weighted by Crippen LogP contribution is -2.43. The molecule has 0 aromatic carbocycles. The quantitative estimate of drug-likeness (QED) is 0.908. The lowest BCUT2D eigenvalue weighted by molar-refractivity contribution is 0.00110. The number of aromatic nitrogens is 2. The number of hydrogen-bond acceptors (Lipinski definition) is 4. The van der Waals surface area contributed by atoms with Gasteiger partial charge in [0.25, 0.3) is 0 Å². The first-order valence-corrected chi connectivity index (χ1v) is 7.87. The number of fused-ring (bicyclic) bond motifs is 1. The molecule has 0 amide bonds. The Morgan fingerprint density at radius 1 is 1.50 bits per heavy atom. The van der Waals surface area contributed by atoms with Crippen molar-refractivity contribution in [3.8, 4) is 6.07 Å². The molecule has 3 rings (SSSR count). The zero-order valence-electron chi connectivity index (χ0n) is 12.9. The first-order valence-electron chi connectivity index (χ1n) is 7.87. The molecule has 1 fully saturated rings. The van der Waals surface area contributed by atoms with Gasteiger partial charge in [0.2, 0.25) is 0 Å². The lowest BCUT2D eigenvalue weighted by Gasteiger charge is -2.38. The molecule has 2 unspecified atom stereocenters. The second kappa shape index (κ2) is 6.07. The first-order chi connectivity index (χ1) is 10.6. The zero-order chi connectivity index (χ0) is 15.6. The number of aliphatic hydroxyl groups is 1. The van der Waals surface area contributed by atoms with Crippen LogP contribution in [0.1, 0.15) is 43.9 Å². The average molecular weight is 298 g/mol. The summed E-state index contributed by atoms with van der Waals surface area (Å²) in [5.74, 6) is 0. The van der Waals surface area contributed by atoms with E-state index < -0.39 is 0 Å². The van der Waals surface area contributed by atoms with Crippen molar-refractivity contribution in [1.29, 1.82) is 5.26 Å². The fourth-order valence-corrected chi connectivity index (χ4v) is 3.29. The van der Waals surface area contributed by atoms with E-state index in [9.17, 15) is 5.11 Å². The molecular formula is C17H22N4O. The van der Waals surface area contributed by atoms with Crippen molar-refractivity contribution in [2.45, 2.75) is 45.3 Å². The Kier molecular flexibility index (Phi) is 4.14. The highest BCUT2D eigenvalue weighted by atomic mass is 16.3. The van der Waals surface area contributed by atoms with Crippen LogP contribution in [0.5, 0.6) is 0 Å². The molecule has 0 bridgehead atoms. The van der Waals surface area contributed by atoms with Gasteiger partial charge in [-0.2, -0.15) is 5.26 Å². The number of pyridine rings is 1. The monoisotopic (exact) mass is 298 g/mol. The number of hydrogen-bond donors (Lipinski definition) is 2. The Morgan fingerprint density at radius 3 is 3.14 bits per heavy atom. The summed E-state index contributed by atoms with van der Waals surface area (Å²) in [4.78, 5) is 4.36. The summed E-state index contributed by atoms with van der Waals surface area (Å²) in [5.41, 5.74) is 2.46. The lowest BCUT2D eigenvalue weighted by atomic mass is 9.73. The third-order valence-electron chi connectivity index (χ3n) is 4.83. The van der Waals surface area contributed by atoms with E-state index in [2.05, 4.69) is 23.3 Å². The molecule has 2 aromatic rings. The van der Waals surface area contributed by atoms with E-state index >= 15 is 0 Å². The van der Waals surface area contributed by atoms with Crippen molar-refractivity contribution in [1.82, 2.24) is 14.7 Å². The van der Waals surface area contributed by atoms with Crippen LogP contribution in [0.15, 0.2) is 24.5 Å².